The molecule has 0 aliphatic carbocycles. The molecule has 0 spiro atoms. The van der Waals surface area contributed by atoms with E-state index in [1.54, 1.807) is 0 Å². The second kappa shape index (κ2) is 5.03. The molecule has 0 aromatic carbocycles. The highest BCUT2D eigenvalue weighted by atomic mass is 79.9. The predicted octanol–water partition coefficient (Wildman–Crippen LogP) is -1.92. The zero-order valence-electron chi connectivity index (χ0n) is 10.5. The molecule has 11 heteroatoms. The van der Waals surface area contributed by atoms with Gasteiger partial charge in [0.1, 0.15) is 18.3 Å². The molecule has 6 N–H and O–H groups in total. The van der Waals surface area contributed by atoms with E-state index >= 15 is 0 Å². The van der Waals surface area contributed by atoms with Gasteiger partial charge in [-0.25, -0.2) is 4.98 Å². The molecular formula is C10H12BrN5O5. The van der Waals surface area contributed by atoms with Gasteiger partial charge in [0, 0.05) is 0 Å². The second-order valence-electron chi connectivity index (χ2n) is 4.60. The van der Waals surface area contributed by atoms with Crippen molar-refractivity contribution >= 4 is 33.0 Å². The zero-order chi connectivity index (χ0) is 15.3. The molecule has 0 saturated carbocycles. The molecule has 10 nitrogen and oxygen atoms in total. The van der Waals surface area contributed by atoms with Gasteiger partial charge in [-0.3, -0.25) is 14.3 Å². The van der Waals surface area contributed by atoms with E-state index in [0.29, 0.717) is 0 Å². The molecule has 2 aromatic rings. The van der Waals surface area contributed by atoms with E-state index in [9.17, 15) is 15.0 Å². The average molecular weight is 362 g/mol. The number of aliphatic hydroxyl groups excluding tert-OH is 3. The Morgan fingerprint density at radius 1 is 1.38 bits per heavy atom. The largest absolute Gasteiger partial charge is 0.394 e. The van der Waals surface area contributed by atoms with Crippen molar-refractivity contribution in [3.63, 3.8) is 0 Å². The Bertz CT molecular complexity index is 745. The van der Waals surface area contributed by atoms with Crippen LogP contribution in [0.25, 0.3) is 11.2 Å². The van der Waals surface area contributed by atoms with Gasteiger partial charge in [0.05, 0.1) is 6.61 Å². The minimum Gasteiger partial charge on any atom is -0.394 e. The first kappa shape index (κ1) is 14.4. The van der Waals surface area contributed by atoms with Crippen LogP contribution in [0.2, 0.25) is 0 Å². The number of halogens is 1. The summed E-state index contributed by atoms with van der Waals surface area (Å²) in [5.41, 5.74) is 5.07. The average Bonchev–Trinajstić information content (AvgIpc) is 2.89. The predicted molar refractivity (Wildman–Crippen MR) is 73.3 cm³/mol. The third kappa shape index (κ3) is 2.13. The van der Waals surface area contributed by atoms with Crippen molar-refractivity contribution in [1.82, 2.24) is 19.5 Å². The number of nitrogen functional groups attached to an aromatic ring is 1. The second-order valence-corrected chi connectivity index (χ2v) is 5.31. The van der Waals surface area contributed by atoms with Crippen molar-refractivity contribution in [3.8, 4) is 0 Å². The van der Waals surface area contributed by atoms with Gasteiger partial charge >= 0.3 is 0 Å². The standard InChI is InChI=1S/C10H12BrN5O5/c11-9-13-3-6(14-10(12)15-7(3)20)16(9)8-5(19)4(18)2(1-17)21-8/h2,4-5,8,17-19H,1H2,(H3,12,14,15,20)/t2-,4+,5?,8-/m1/s1. The lowest BCUT2D eigenvalue weighted by Crippen LogP contribution is -2.33. The molecule has 21 heavy (non-hydrogen) atoms. The maximum absolute atomic E-state index is 11.8. The van der Waals surface area contributed by atoms with Crippen molar-refractivity contribution in [2.45, 2.75) is 24.5 Å². The van der Waals surface area contributed by atoms with E-state index in [0.717, 1.165) is 0 Å². The fourth-order valence-electron chi connectivity index (χ4n) is 2.29. The van der Waals surface area contributed by atoms with Crippen molar-refractivity contribution in [3.05, 3.63) is 15.1 Å². The van der Waals surface area contributed by atoms with Gasteiger partial charge in [0.25, 0.3) is 5.56 Å². The van der Waals surface area contributed by atoms with E-state index < -0.39 is 36.7 Å². The summed E-state index contributed by atoms with van der Waals surface area (Å²) in [5, 5.41) is 29.0. The number of anilines is 1. The lowest BCUT2D eigenvalue weighted by molar-refractivity contribution is -0.0521. The van der Waals surface area contributed by atoms with E-state index in [2.05, 4.69) is 30.9 Å². The Kier molecular flexibility index (Phi) is 3.45. The Morgan fingerprint density at radius 2 is 2.10 bits per heavy atom. The van der Waals surface area contributed by atoms with E-state index in [1.165, 1.54) is 4.57 Å². The van der Waals surface area contributed by atoms with E-state index in [4.69, 9.17) is 15.6 Å². The number of ether oxygens (including phenoxy) is 1. The summed E-state index contributed by atoms with van der Waals surface area (Å²) in [6, 6.07) is 0. The van der Waals surface area contributed by atoms with Crippen LogP contribution in [-0.2, 0) is 4.74 Å². The number of aromatic nitrogens is 4. The summed E-state index contributed by atoms with van der Waals surface area (Å²) in [6.07, 6.45) is -4.61. The van der Waals surface area contributed by atoms with Gasteiger partial charge < -0.3 is 25.8 Å². The van der Waals surface area contributed by atoms with Crippen LogP contribution < -0.4 is 11.3 Å². The Morgan fingerprint density at radius 3 is 2.71 bits per heavy atom. The molecule has 4 atom stereocenters. The number of nitrogens with two attached hydrogens (primary N) is 1. The number of nitrogens with one attached hydrogen (secondary N) is 1. The van der Waals surface area contributed by atoms with E-state index in [1.807, 2.05) is 0 Å². The molecule has 0 bridgehead atoms. The molecule has 1 saturated heterocycles. The summed E-state index contributed by atoms with van der Waals surface area (Å²) in [4.78, 5) is 22.0. The number of H-pyrrole nitrogens is 1. The monoisotopic (exact) mass is 361 g/mol. The summed E-state index contributed by atoms with van der Waals surface area (Å²) in [7, 11) is 0. The number of hydrogen-bond acceptors (Lipinski definition) is 8. The first-order valence-electron chi connectivity index (χ1n) is 5.99. The number of fused-ring (bicyclic) bond motifs is 1. The summed E-state index contributed by atoms with van der Waals surface area (Å²) in [6.45, 7) is -0.463. The lowest BCUT2D eigenvalue weighted by Gasteiger charge is -2.17. The minimum absolute atomic E-state index is 0.00816. The van der Waals surface area contributed by atoms with Gasteiger partial charge in [-0.2, -0.15) is 4.98 Å². The number of aliphatic hydroxyl groups is 3. The third-order valence-electron chi connectivity index (χ3n) is 3.30. The number of imidazole rings is 1. The van der Waals surface area contributed by atoms with Crippen molar-refractivity contribution in [2.75, 3.05) is 12.3 Å². The highest BCUT2D eigenvalue weighted by Gasteiger charge is 2.44. The van der Waals surface area contributed by atoms with Gasteiger partial charge in [0.2, 0.25) is 5.95 Å². The van der Waals surface area contributed by atoms with Crippen LogP contribution >= 0.6 is 15.9 Å². The quantitative estimate of drug-likeness (QED) is 0.387. The lowest BCUT2D eigenvalue weighted by atomic mass is 10.1. The van der Waals surface area contributed by atoms with Crippen molar-refractivity contribution in [2.24, 2.45) is 0 Å². The molecule has 2 aromatic heterocycles. The SMILES string of the molecule is Nc1nc2c(nc(Br)n2[C@@H]2O[C@H](CO)[C@H](O)C2O)c(=O)[nH]1. The maximum Gasteiger partial charge on any atom is 0.280 e. The molecule has 1 aliphatic rings. The molecular weight excluding hydrogens is 350 g/mol. The Hall–Kier alpha value is -1.53. The highest BCUT2D eigenvalue weighted by Crippen LogP contribution is 2.33. The van der Waals surface area contributed by atoms with Gasteiger partial charge in [-0.1, -0.05) is 0 Å². The molecule has 3 heterocycles. The molecule has 3 rings (SSSR count). The minimum atomic E-state index is -1.32. The third-order valence-corrected chi connectivity index (χ3v) is 3.86. The molecule has 0 amide bonds. The Labute approximate surface area is 125 Å². The van der Waals surface area contributed by atoms with Crippen LogP contribution in [0.5, 0.6) is 0 Å². The normalized spacial score (nSPS) is 29.3. The fraction of sp³-hybridized carbons (Fsp3) is 0.500. The van der Waals surface area contributed by atoms with Crippen LogP contribution in [0.15, 0.2) is 9.53 Å². The molecule has 1 fully saturated rings. The molecule has 1 unspecified atom stereocenters. The topological polar surface area (TPSA) is 160 Å². The van der Waals surface area contributed by atoms with Crippen molar-refractivity contribution < 1.29 is 20.1 Å². The number of hydrogen-bond donors (Lipinski definition) is 5. The van der Waals surface area contributed by atoms with E-state index in [-0.39, 0.29) is 21.8 Å². The number of aromatic amines is 1. The first-order chi connectivity index (χ1) is 9.93. The van der Waals surface area contributed by atoms with Crippen LogP contribution in [-0.4, -0.2) is 59.8 Å². The Balaban J connectivity index is 2.17. The number of rotatable bonds is 2. The summed E-state index contributed by atoms with van der Waals surface area (Å²) in [5.74, 6) is -0.118. The number of nitrogens with zero attached hydrogens (tertiary/aromatic N) is 3. The molecule has 0 radical (unpaired) electrons. The zero-order valence-corrected chi connectivity index (χ0v) is 12.1. The van der Waals surface area contributed by atoms with Gasteiger partial charge in [0.15, 0.2) is 22.1 Å². The fourth-order valence-corrected chi connectivity index (χ4v) is 2.84. The van der Waals surface area contributed by atoms with Gasteiger partial charge in [-0.15, -0.1) is 0 Å². The maximum atomic E-state index is 11.8. The highest BCUT2D eigenvalue weighted by molar-refractivity contribution is 9.10. The molecule has 1 aliphatic heterocycles. The van der Waals surface area contributed by atoms with Crippen LogP contribution in [0, 0.1) is 0 Å². The van der Waals surface area contributed by atoms with Crippen molar-refractivity contribution in [1.29, 1.82) is 0 Å². The summed E-state index contributed by atoms with van der Waals surface area (Å²) >= 11 is 3.15. The van der Waals surface area contributed by atoms with Crippen LogP contribution in [0.1, 0.15) is 6.23 Å². The van der Waals surface area contributed by atoms with Crippen LogP contribution in [0.4, 0.5) is 5.95 Å². The first-order valence-corrected chi connectivity index (χ1v) is 6.79. The summed E-state index contributed by atoms with van der Waals surface area (Å²) < 4.78 is 6.87. The molecule has 114 valence electrons. The van der Waals surface area contributed by atoms with Gasteiger partial charge in [-0.05, 0) is 15.9 Å². The van der Waals surface area contributed by atoms with Crippen LogP contribution in [0.3, 0.4) is 0 Å². The smallest absolute Gasteiger partial charge is 0.280 e.